The van der Waals surface area contributed by atoms with Crippen LogP contribution in [0.2, 0.25) is 6.04 Å². The SMILES string of the molecule is CO[Si](CCO)(OC)OCCCCOCC1CO1. The molecule has 1 N–H and O–H groups in total. The lowest BCUT2D eigenvalue weighted by Crippen LogP contribution is -2.44. The summed E-state index contributed by atoms with van der Waals surface area (Å²) in [7, 11) is 0.489. The molecule has 1 aliphatic rings. The van der Waals surface area contributed by atoms with Gasteiger partial charge in [-0.1, -0.05) is 0 Å². The van der Waals surface area contributed by atoms with E-state index in [1.807, 2.05) is 0 Å². The highest BCUT2D eigenvalue weighted by Crippen LogP contribution is 2.14. The largest absolute Gasteiger partial charge is 0.502 e. The average Bonchev–Trinajstić information content (AvgIpc) is 3.20. The van der Waals surface area contributed by atoms with Gasteiger partial charge in [-0.2, -0.15) is 0 Å². The summed E-state index contributed by atoms with van der Waals surface area (Å²) in [6.07, 6.45) is 2.15. The summed E-state index contributed by atoms with van der Waals surface area (Å²) in [6, 6.07) is 0.426. The Hall–Kier alpha value is -0.0231. The Kier molecular flexibility index (Phi) is 7.99. The van der Waals surface area contributed by atoms with Crippen molar-refractivity contribution in [3.8, 4) is 0 Å². The van der Waals surface area contributed by atoms with E-state index in [0.29, 0.717) is 25.4 Å². The first-order valence-corrected chi connectivity index (χ1v) is 8.24. The molecule has 0 aliphatic carbocycles. The summed E-state index contributed by atoms with van der Waals surface area (Å²) in [4.78, 5) is 0. The van der Waals surface area contributed by atoms with Crippen molar-refractivity contribution in [3.63, 3.8) is 0 Å². The van der Waals surface area contributed by atoms with Gasteiger partial charge in [-0.25, -0.2) is 0 Å². The third kappa shape index (κ3) is 6.23. The lowest BCUT2D eigenvalue weighted by Gasteiger charge is -2.25. The van der Waals surface area contributed by atoms with Crippen molar-refractivity contribution in [3.05, 3.63) is 0 Å². The molecular formula is C11H24O6Si. The van der Waals surface area contributed by atoms with Crippen molar-refractivity contribution in [2.45, 2.75) is 25.0 Å². The predicted molar refractivity (Wildman–Crippen MR) is 67.4 cm³/mol. The first-order chi connectivity index (χ1) is 8.76. The smallest absolute Gasteiger partial charge is 0.396 e. The molecule has 0 aromatic carbocycles. The quantitative estimate of drug-likeness (QED) is 0.317. The molecule has 0 amide bonds. The Morgan fingerprint density at radius 2 is 1.89 bits per heavy atom. The molecule has 1 atom stereocenters. The van der Waals surface area contributed by atoms with Crippen LogP contribution in [0.4, 0.5) is 0 Å². The van der Waals surface area contributed by atoms with E-state index >= 15 is 0 Å². The summed E-state index contributed by atoms with van der Waals surface area (Å²) in [5.74, 6) is 0. The number of hydrogen-bond donors (Lipinski definition) is 1. The number of aliphatic hydroxyl groups excluding tert-OH is 1. The molecular weight excluding hydrogens is 256 g/mol. The Morgan fingerprint density at radius 1 is 1.22 bits per heavy atom. The monoisotopic (exact) mass is 280 g/mol. The lowest BCUT2D eigenvalue weighted by atomic mass is 10.3. The van der Waals surface area contributed by atoms with Crippen LogP contribution >= 0.6 is 0 Å². The highest BCUT2D eigenvalue weighted by molar-refractivity contribution is 6.60. The standard InChI is InChI=1S/C11H24O6Si/c1-13-18(14-2,8-5-12)17-7-4-3-6-15-9-11-10-16-11/h11-12H,3-10H2,1-2H3. The summed E-state index contributed by atoms with van der Waals surface area (Å²) >= 11 is 0. The molecule has 108 valence electrons. The number of hydrogen-bond acceptors (Lipinski definition) is 6. The molecule has 1 aliphatic heterocycles. The van der Waals surface area contributed by atoms with Gasteiger partial charge in [0.15, 0.2) is 0 Å². The minimum atomic E-state index is -2.63. The number of epoxide rings is 1. The minimum absolute atomic E-state index is 0.0123. The Bertz CT molecular complexity index is 208. The van der Waals surface area contributed by atoms with Gasteiger partial charge in [-0.3, -0.25) is 0 Å². The van der Waals surface area contributed by atoms with E-state index in [1.165, 1.54) is 0 Å². The fraction of sp³-hybridized carbons (Fsp3) is 1.00. The van der Waals surface area contributed by atoms with Crippen LogP contribution in [-0.4, -0.2) is 67.3 Å². The first kappa shape index (κ1) is 16.0. The van der Waals surface area contributed by atoms with Gasteiger partial charge in [-0.15, -0.1) is 0 Å². The second-order valence-electron chi connectivity index (χ2n) is 4.15. The molecule has 0 aromatic heterocycles. The molecule has 1 rings (SSSR count). The summed E-state index contributed by atoms with van der Waals surface area (Å²) in [6.45, 7) is 2.83. The van der Waals surface area contributed by atoms with Gasteiger partial charge in [0.25, 0.3) is 0 Å². The zero-order valence-electron chi connectivity index (χ0n) is 11.2. The predicted octanol–water partition coefficient (Wildman–Crippen LogP) is 0.423. The van der Waals surface area contributed by atoms with Gasteiger partial charge in [0.2, 0.25) is 0 Å². The Morgan fingerprint density at radius 3 is 2.44 bits per heavy atom. The van der Waals surface area contributed by atoms with Crippen LogP contribution in [0.1, 0.15) is 12.8 Å². The second-order valence-corrected chi connectivity index (χ2v) is 7.12. The summed E-state index contributed by atoms with van der Waals surface area (Å²) in [5, 5.41) is 8.96. The molecule has 1 fully saturated rings. The van der Waals surface area contributed by atoms with Gasteiger partial charge < -0.3 is 27.9 Å². The van der Waals surface area contributed by atoms with Crippen LogP contribution in [0.3, 0.4) is 0 Å². The maximum Gasteiger partial charge on any atom is 0.502 e. The van der Waals surface area contributed by atoms with Crippen molar-refractivity contribution < 1.29 is 27.9 Å². The second kappa shape index (κ2) is 8.97. The molecule has 18 heavy (non-hydrogen) atoms. The number of unbranched alkanes of at least 4 members (excludes halogenated alkanes) is 1. The highest BCUT2D eigenvalue weighted by Gasteiger charge is 2.38. The van der Waals surface area contributed by atoms with E-state index in [1.54, 1.807) is 14.2 Å². The third-order valence-corrected chi connectivity index (χ3v) is 5.48. The third-order valence-electron chi connectivity index (χ3n) is 2.75. The number of ether oxygens (including phenoxy) is 2. The van der Waals surface area contributed by atoms with Crippen LogP contribution in [0.25, 0.3) is 0 Å². The molecule has 0 bridgehead atoms. The van der Waals surface area contributed by atoms with Gasteiger partial charge in [0.05, 0.1) is 13.2 Å². The number of aliphatic hydroxyl groups is 1. The molecule has 1 unspecified atom stereocenters. The van der Waals surface area contributed by atoms with Gasteiger partial charge >= 0.3 is 8.80 Å². The summed E-state index contributed by atoms with van der Waals surface area (Å²) in [5.41, 5.74) is 0. The fourth-order valence-electron chi connectivity index (χ4n) is 1.53. The Balaban J connectivity index is 1.99. The molecule has 0 spiro atoms. The molecule has 0 saturated carbocycles. The van der Waals surface area contributed by atoms with E-state index in [4.69, 9.17) is 27.9 Å². The van der Waals surface area contributed by atoms with E-state index in [0.717, 1.165) is 26.1 Å². The molecule has 1 saturated heterocycles. The van der Waals surface area contributed by atoms with Crippen LogP contribution in [0.5, 0.6) is 0 Å². The lowest BCUT2D eigenvalue weighted by molar-refractivity contribution is 0.0810. The van der Waals surface area contributed by atoms with Crippen molar-refractivity contribution in [2.75, 3.05) is 47.3 Å². The molecule has 0 aromatic rings. The van der Waals surface area contributed by atoms with E-state index in [2.05, 4.69) is 0 Å². The first-order valence-electron chi connectivity index (χ1n) is 6.31. The molecule has 1 heterocycles. The van der Waals surface area contributed by atoms with E-state index < -0.39 is 8.80 Å². The van der Waals surface area contributed by atoms with Crippen LogP contribution in [0, 0.1) is 0 Å². The van der Waals surface area contributed by atoms with Crippen LogP contribution in [0.15, 0.2) is 0 Å². The summed E-state index contributed by atoms with van der Waals surface area (Å²) < 4.78 is 26.7. The maximum atomic E-state index is 8.96. The molecule has 7 heteroatoms. The fourth-order valence-corrected chi connectivity index (χ4v) is 3.21. The maximum absolute atomic E-state index is 8.96. The molecule has 0 radical (unpaired) electrons. The number of rotatable bonds is 12. The topological polar surface area (TPSA) is 69.7 Å². The van der Waals surface area contributed by atoms with Gasteiger partial charge in [0, 0.05) is 40.1 Å². The highest BCUT2D eigenvalue weighted by atomic mass is 28.4. The van der Waals surface area contributed by atoms with Crippen LogP contribution in [-0.2, 0) is 22.8 Å². The van der Waals surface area contributed by atoms with E-state index in [-0.39, 0.29) is 6.61 Å². The zero-order chi connectivity index (χ0) is 13.3. The minimum Gasteiger partial charge on any atom is -0.396 e. The van der Waals surface area contributed by atoms with Gasteiger partial charge in [-0.05, 0) is 12.8 Å². The average molecular weight is 280 g/mol. The van der Waals surface area contributed by atoms with Crippen molar-refractivity contribution in [2.24, 2.45) is 0 Å². The van der Waals surface area contributed by atoms with Crippen molar-refractivity contribution >= 4 is 8.80 Å². The van der Waals surface area contributed by atoms with Crippen molar-refractivity contribution in [1.29, 1.82) is 0 Å². The normalized spacial score (nSPS) is 19.2. The Labute approximate surface area is 109 Å². The van der Waals surface area contributed by atoms with E-state index in [9.17, 15) is 0 Å². The zero-order valence-corrected chi connectivity index (χ0v) is 12.2. The van der Waals surface area contributed by atoms with Crippen molar-refractivity contribution in [1.82, 2.24) is 0 Å². The van der Waals surface area contributed by atoms with Gasteiger partial charge in [0.1, 0.15) is 6.10 Å². The molecule has 6 nitrogen and oxygen atoms in total. The van der Waals surface area contributed by atoms with Crippen LogP contribution < -0.4 is 0 Å².